The predicted octanol–water partition coefficient (Wildman–Crippen LogP) is 2.90. The summed E-state index contributed by atoms with van der Waals surface area (Å²) in [5.41, 5.74) is 1.61. The highest BCUT2D eigenvalue weighted by Crippen LogP contribution is 2.23. The Morgan fingerprint density at radius 1 is 1.44 bits per heavy atom. The van der Waals surface area contributed by atoms with Crippen LogP contribution in [0.4, 0.5) is 5.13 Å². The van der Waals surface area contributed by atoms with Gasteiger partial charge in [0.2, 0.25) is 5.91 Å². The zero-order valence-electron chi connectivity index (χ0n) is 9.92. The van der Waals surface area contributed by atoms with E-state index in [-0.39, 0.29) is 5.91 Å². The fourth-order valence-corrected chi connectivity index (χ4v) is 2.45. The Hall–Kier alpha value is -1.40. The van der Waals surface area contributed by atoms with E-state index < -0.39 is 0 Å². The molecule has 0 atom stereocenters. The molecule has 2 heterocycles. The van der Waals surface area contributed by atoms with E-state index >= 15 is 0 Å². The number of rotatable bonds is 5. The maximum atomic E-state index is 11.5. The summed E-state index contributed by atoms with van der Waals surface area (Å²) < 4.78 is 0. The molecule has 94 valence electrons. The van der Waals surface area contributed by atoms with Crippen molar-refractivity contribution >= 4 is 34.1 Å². The van der Waals surface area contributed by atoms with Crippen LogP contribution in [0.15, 0.2) is 29.8 Å². The molecule has 2 rings (SSSR count). The van der Waals surface area contributed by atoms with Crippen LogP contribution in [-0.2, 0) is 4.79 Å². The van der Waals surface area contributed by atoms with Crippen molar-refractivity contribution in [3.63, 3.8) is 0 Å². The number of hydrogen-bond acceptors (Lipinski definition) is 5. The number of pyridine rings is 1. The first-order valence-electron chi connectivity index (χ1n) is 5.45. The smallest absolute Gasteiger partial charge is 0.226 e. The summed E-state index contributed by atoms with van der Waals surface area (Å²) in [6.45, 7) is 0. The first kappa shape index (κ1) is 13.0. The third kappa shape index (κ3) is 3.54. The summed E-state index contributed by atoms with van der Waals surface area (Å²) in [5.74, 6) is 0.830. The molecule has 0 aliphatic carbocycles. The zero-order chi connectivity index (χ0) is 12.8. The highest BCUT2D eigenvalue weighted by molar-refractivity contribution is 7.98. The molecule has 1 amide bonds. The van der Waals surface area contributed by atoms with Gasteiger partial charge in [0.1, 0.15) is 5.69 Å². The number of hydrogen-bond donors (Lipinski definition) is 1. The second-order valence-corrected chi connectivity index (χ2v) is 5.39. The summed E-state index contributed by atoms with van der Waals surface area (Å²) in [4.78, 5) is 20.1. The first-order chi connectivity index (χ1) is 8.79. The highest BCUT2D eigenvalue weighted by atomic mass is 32.2. The molecule has 0 unspecified atom stereocenters. The topological polar surface area (TPSA) is 54.9 Å². The molecule has 1 N–H and O–H groups in total. The Morgan fingerprint density at radius 2 is 2.33 bits per heavy atom. The summed E-state index contributed by atoms with van der Waals surface area (Å²) in [6, 6.07) is 5.67. The molecule has 0 saturated carbocycles. The van der Waals surface area contributed by atoms with Gasteiger partial charge in [-0.1, -0.05) is 6.07 Å². The number of carbonyl (C=O) groups excluding carboxylic acids is 1. The van der Waals surface area contributed by atoms with Crippen LogP contribution in [0.2, 0.25) is 0 Å². The Labute approximate surface area is 114 Å². The van der Waals surface area contributed by atoms with E-state index in [2.05, 4.69) is 15.3 Å². The number of aromatic nitrogens is 2. The minimum absolute atomic E-state index is 0.00581. The van der Waals surface area contributed by atoms with Crippen molar-refractivity contribution in [3.05, 3.63) is 29.8 Å². The second kappa shape index (κ2) is 6.51. The molecular weight excluding hydrogens is 266 g/mol. The van der Waals surface area contributed by atoms with Gasteiger partial charge in [-0.15, -0.1) is 11.3 Å². The molecular formula is C12H13N3OS2. The number of thioether (sulfide) groups is 1. The van der Waals surface area contributed by atoms with Gasteiger partial charge in [-0.2, -0.15) is 11.8 Å². The van der Waals surface area contributed by atoms with Crippen LogP contribution in [0.5, 0.6) is 0 Å². The van der Waals surface area contributed by atoms with Crippen molar-refractivity contribution in [1.82, 2.24) is 9.97 Å². The lowest BCUT2D eigenvalue weighted by molar-refractivity contribution is -0.115. The minimum atomic E-state index is 0.00581. The van der Waals surface area contributed by atoms with Gasteiger partial charge in [-0.25, -0.2) is 4.98 Å². The van der Waals surface area contributed by atoms with Gasteiger partial charge in [0, 0.05) is 23.8 Å². The van der Waals surface area contributed by atoms with Gasteiger partial charge in [0.25, 0.3) is 0 Å². The Balaban J connectivity index is 2.00. The fourth-order valence-electron chi connectivity index (χ4n) is 1.34. The van der Waals surface area contributed by atoms with Crippen LogP contribution in [0.25, 0.3) is 11.4 Å². The zero-order valence-corrected chi connectivity index (χ0v) is 11.6. The number of thiazole rings is 1. The average Bonchev–Trinajstić information content (AvgIpc) is 2.86. The van der Waals surface area contributed by atoms with Crippen LogP contribution in [0, 0.1) is 0 Å². The van der Waals surface area contributed by atoms with E-state index in [9.17, 15) is 4.79 Å². The predicted molar refractivity (Wildman–Crippen MR) is 77.0 cm³/mol. The molecule has 6 heteroatoms. The largest absolute Gasteiger partial charge is 0.302 e. The van der Waals surface area contributed by atoms with E-state index in [1.54, 1.807) is 18.0 Å². The quantitative estimate of drug-likeness (QED) is 0.914. The molecule has 0 saturated heterocycles. The van der Waals surface area contributed by atoms with Crippen molar-refractivity contribution in [2.24, 2.45) is 0 Å². The molecule has 4 nitrogen and oxygen atoms in total. The lowest BCUT2D eigenvalue weighted by Crippen LogP contribution is -2.11. The normalized spacial score (nSPS) is 10.3. The summed E-state index contributed by atoms with van der Waals surface area (Å²) >= 11 is 3.07. The van der Waals surface area contributed by atoms with Crippen LogP contribution < -0.4 is 5.32 Å². The third-order valence-corrected chi connectivity index (χ3v) is 3.58. The van der Waals surface area contributed by atoms with Crippen LogP contribution >= 0.6 is 23.1 Å². The Kier molecular flexibility index (Phi) is 4.72. The maximum absolute atomic E-state index is 11.5. The van der Waals surface area contributed by atoms with E-state index in [0.717, 1.165) is 17.1 Å². The van der Waals surface area contributed by atoms with Crippen LogP contribution in [-0.4, -0.2) is 27.9 Å². The van der Waals surface area contributed by atoms with Crippen molar-refractivity contribution in [1.29, 1.82) is 0 Å². The number of nitrogens with one attached hydrogen (secondary N) is 1. The standard InChI is InChI=1S/C12H13N3OS2/c1-17-7-5-11(16)15-12-14-10(8-18-12)9-4-2-3-6-13-9/h2-4,6,8H,5,7H2,1H3,(H,14,15,16). The van der Waals surface area contributed by atoms with E-state index in [1.165, 1.54) is 11.3 Å². The van der Waals surface area contributed by atoms with E-state index in [0.29, 0.717) is 11.6 Å². The molecule has 0 bridgehead atoms. The molecule has 0 aromatic carbocycles. The van der Waals surface area contributed by atoms with Gasteiger partial charge in [-0.05, 0) is 18.4 Å². The Morgan fingerprint density at radius 3 is 3.06 bits per heavy atom. The summed E-state index contributed by atoms with van der Waals surface area (Å²) in [7, 11) is 0. The first-order valence-corrected chi connectivity index (χ1v) is 7.72. The second-order valence-electron chi connectivity index (χ2n) is 3.54. The molecule has 0 radical (unpaired) electrons. The molecule has 2 aromatic rings. The summed E-state index contributed by atoms with van der Waals surface area (Å²) in [6.07, 6.45) is 4.22. The molecule has 2 aromatic heterocycles. The third-order valence-electron chi connectivity index (χ3n) is 2.21. The maximum Gasteiger partial charge on any atom is 0.226 e. The van der Waals surface area contributed by atoms with Crippen molar-refractivity contribution < 1.29 is 4.79 Å². The van der Waals surface area contributed by atoms with Gasteiger partial charge < -0.3 is 5.32 Å². The van der Waals surface area contributed by atoms with Crippen molar-refractivity contribution in [2.75, 3.05) is 17.3 Å². The van der Waals surface area contributed by atoms with Crippen molar-refractivity contribution in [2.45, 2.75) is 6.42 Å². The highest BCUT2D eigenvalue weighted by Gasteiger charge is 2.08. The SMILES string of the molecule is CSCCC(=O)Nc1nc(-c2ccccn2)cs1. The fraction of sp³-hybridized carbons (Fsp3) is 0.250. The number of carbonyl (C=O) groups is 1. The molecule has 0 spiro atoms. The van der Waals surface area contributed by atoms with Crippen molar-refractivity contribution in [3.8, 4) is 11.4 Å². The Bertz CT molecular complexity index is 513. The molecule has 0 fully saturated rings. The monoisotopic (exact) mass is 279 g/mol. The lowest BCUT2D eigenvalue weighted by atomic mass is 10.3. The lowest BCUT2D eigenvalue weighted by Gasteiger charge is -1.99. The number of nitrogens with zero attached hydrogens (tertiary/aromatic N) is 2. The van der Waals surface area contributed by atoms with Crippen LogP contribution in [0.1, 0.15) is 6.42 Å². The van der Waals surface area contributed by atoms with Crippen LogP contribution in [0.3, 0.4) is 0 Å². The average molecular weight is 279 g/mol. The molecule has 18 heavy (non-hydrogen) atoms. The van der Waals surface area contributed by atoms with Gasteiger partial charge in [0.05, 0.1) is 5.69 Å². The minimum Gasteiger partial charge on any atom is -0.302 e. The molecule has 0 aliphatic rings. The number of amides is 1. The number of anilines is 1. The van der Waals surface area contributed by atoms with Gasteiger partial charge in [0.15, 0.2) is 5.13 Å². The van der Waals surface area contributed by atoms with Gasteiger partial charge in [-0.3, -0.25) is 9.78 Å². The summed E-state index contributed by atoms with van der Waals surface area (Å²) in [5, 5.41) is 5.32. The molecule has 0 aliphatic heterocycles. The van der Waals surface area contributed by atoms with E-state index in [1.807, 2.05) is 29.8 Å². The van der Waals surface area contributed by atoms with Gasteiger partial charge >= 0.3 is 0 Å². The van der Waals surface area contributed by atoms with E-state index in [4.69, 9.17) is 0 Å².